The van der Waals surface area contributed by atoms with Gasteiger partial charge in [0, 0.05) is 0 Å². The molecular weight excluding hydrogens is 527 g/mol. The van der Waals surface area contributed by atoms with E-state index < -0.39 is 54.6 Å². The summed E-state index contributed by atoms with van der Waals surface area (Å²) in [7, 11) is 0. The van der Waals surface area contributed by atoms with E-state index in [0.29, 0.717) is 0 Å². The summed E-state index contributed by atoms with van der Waals surface area (Å²) in [6.07, 6.45) is 6.68. The zero-order valence-electron chi connectivity index (χ0n) is 22.0. The summed E-state index contributed by atoms with van der Waals surface area (Å²) in [6.45, 7) is 14.4. The van der Waals surface area contributed by atoms with Gasteiger partial charge in [-0.2, -0.15) is 0 Å². The Morgan fingerprint density at radius 2 is 1.24 bits per heavy atom. The molecule has 6 atom stereocenters. The number of hydrogen-bond donors (Lipinski definition) is 1. The first-order chi connectivity index (χ1) is 15.6. The molecule has 3 aliphatic rings. The van der Waals surface area contributed by atoms with E-state index in [0.717, 1.165) is 0 Å². The third kappa shape index (κ3) is 6.95. The summed E-state index contributed by atoms with van der Waals surface area (Å²) in [5, 5.41) is 11.4. The molecule has 1 N–H and O–H groups in total. The number of hydrogen-bond acceptors (Lipinski definition) is 6. The Morgan fingerprint density at radius 3 is 1.79 bits per heavy atom. The molecule has 33 heavy (non-hydrogen) atoms. The minimum atomic E-state index is -2.51. The van der Waals surface area contributed by atoms with Crippen LogP contribution in [0.2, 0.25) is 13.3 Å². The fourth-order valence-electron chi connectivity index (χ4n) is 5.54. The molecule has 192 valence electrons. The van der Waals surface area contributed by atoms with Crippen LogP contribution in [0.3, 0.4) is 0 Å². The Morgan fingerprint density at radius 1 is 0.758 bits per heavy atom. The molecule has 3 rings (SSSR count). The zero-order valence-corrected chi connectivity index (χ0v) is 24.8. The molecular formula is C26H48O6Sn. The third-order valence-electron chi connectivity index (χ3n) is 7.26. The van der Waals surface area contributed by atoms with Crippen LogP contribution in [0.25, 0.3) is 0 Å². The van der Waals surface area contributed by atoms with Crippen LogP contribution in [0.15, 0.2) is 10.2 Å². The van der Waals surface area contributed by atoms with Gasteiger partial charge in [0.05, 0.1) is 0 Å². The Labute approximate surface area is 205 Å². The monoisotopic (exact) mass is 576 g/mol. The van der Waals surface area contributed by atoms with Crippen LogP contribution in [-0.2, 0) is 23.7 Å². The molecule has 0 bridgehead atoms. The second-order valence-electron chi connectivity index (χ2n) is 11.2. The standard InChI is InChI=1S/C14H21O6.3C4H9.Sn/c1-6-7(15)8-9-10(18-13(2,3)17-9)11-12(16-8)20-14(4,5)19-11;3*1-3-4-2;/h1,6-12,15H,2-5H3;3*1,3-4H2,2H3;/t7-,8-,9+,10+,11-,12-;;;;/m1..../s1. The number of ether oxygens (including phenoxy) is 5. The summed E-state index contributed by atoms with van der Waals surface area (Å²) in [6, 6.07) is 0. The Kier molecular flexibility index (Phi) is 9.77. The second kappa shape index (κ2) is 11.6. The predicted molar refractivity (Wildman–Crippen MR) is 133 cm³/mol. The Hall–Kier alpha value is 0.299. The number of unbranched alkanes of at least 4 members (excludes halogenated alkanes) is 3. The summed E-state index contributed by atoms with van der Waals surface area (Å²) < 4.78 is 37.5. The molecule has 0 spiro atoms. The van der Waals surface area contributed by atoms with E-state index >= 15 is 0 Å². The van der Waals surface area contributed by atoms with Gasteiger partial charge in [0.2, 0.25) is 0 Å². The summed E-state index contributed by atoms with van der Waals surface area (Å²) >= 11 is -2.51. The first-order valence-corrected chi connectivity index (χ1v) is 21.0. The van der Waals surface area contributed by atoms with Crippen LogP contribution in [0, 0.1) is 0 Å². The van der Waals surface area contributed by atoms with E-state index in [1.165, 1.54) is 51.8 Å². The molecule has 3 saturated heterocycles. The van der Waals surface area contributed by atoms with Crippen molar-refractivity contribution >= 4 is 18.4 Å². The number of aliphatic hydroxyl groups is 1. The van der Waals surface area contributed by atoms with Crippen molar-refractivity contribution < 1.29 is 28.8 Å². The van der Waals surface area contributed by atoms with Gasteiger partial charge in [-0.3, -0.25) is 0 Å². The van der Waals surface area contributed by atoms with E-state index in [1.807, 2.05) is 27.7 Å². The molecule has 0 amide bonds. The van der Waals surface area contributed by atoms with Gasteiger partial charge < -0.3 is 0 Å². The van der Waals surface area contributed by atoms with E-state index in [9.17, 15) is 5.11 Å². The van der Waals surface area contributed by atoms with E-state index in [1.54, 1.807) is 0 Å². The van der Waals surface area contributed by atoms with Gasteiger partial charge in [-0.25, -0.2) is 0 Å². The average molecular weight is 575 g/mol. The van der Waals surface area contributed by atoms with Gasteiger partial charge in [-0.15, -0.1) is 0 Å². The number of aliphatic hydroxyl groups excluding tert-OH is 1. The molecule has 0 radical (unpaired) electrons. The first kappa shape index (κ1) is 27.9. The van der Waals surface area contributed by atoms with Crippen molar-refractivity contribution in [1.82, 2.24) is 0 Å². The summed E-state index contributed by atoms with van der Waals surface area (Å²) in [5.41, 5.74) is 0. The molecule has 0 aliphatic carbocycles. The molecule has 7 heteroatoms. The second-order valence-corrected chi connectivity index (χ2v) is 24.2. The van der Waals surface area contributed by atoms with Gasteiger partial charge in [0.25, 0.3) is 0 Å². The normalized spacial score (nSPS) is 33.9. The van der Waals surface area contributed by atoms with Crippen molar-refractivity contribution in [1.29, 1.82) is 0 Å². The predicted octanol–water partition coefficient (Wildman–Crippen LogP) is 5.69. The summed E-state index contributed by atoms with van der Waals surface area (Å²) in [4.78, 5) is 0. The van der Waals surface area contributed by atoms with E-state index in [2.05, 4.69) is 30.9 Å². The van der Waals surface area contributed by atoms with Gasteiger partial charge >= 0.3 is 206 Å². The molecule has 0 aromatic rings. The number of fused-ring (bicyclic) bond motifs is 3. The van der Waals surface area contributed by atoms with Crippen molar-refractivity contribution in [3.8, 4) is 0 Å². The Balaban J connectivity index is 1.81. The molecule has 3 heterocycles. The van der Waals surface area contributed by atoms with Crippen molar-refractivity contribution in [3.63, 3.8) is 0 Å². The quantitative estimate of drug-likeness (QED) is 0.302. The van der Waals surface area contributed by atoms with Crippen molar-refractivity contribution in [2.24, 2.45) is 0 Å². The van der Waals surface area contributed by atoms with Crippen LogP contribution in [0.4, 0.5) is 0 Å². The maximum atomic E-state index is 11.4. The fourth-order valence-corrected chi connectivity index (χ4v) is 19.9. The maximum absolute atomic E-state index is 11.4. The van der Waals surface area contributed by atoms with Gasteiger partial charge in [-0.1, -0.05) is 0 Å². The van der Waals surface area contributed by atoms with Crippen LogP contribution in [-0.4, -0.2) is 71.9 Å². The molecule has 0 aromatic carbocycles. The third-order valence-corrected chi connectivity index (χ3v) is 21.4. The Bertz CT molecular complexity index is 629. The van der Waals surface area contributed by atoms with Gasteiger partial charge in [0.15, 0.2) is 0 Å². The summed E-state index contributed by atoms with van der Waals surface area (Å²) in [5.74, 6) is -1.50. The SMILES string of the molecule is CCC[CH2][Sn](/[CH]=C/[C@@H](O)[C@H]1O[C@@H]2OC(C)(C)O[C@@H]2[C@H]2OC(C)(C)O[C@H]21)([CH2]CCC)[CH2]CCC. The molecule has 3 fully saturated rings. The van der Waals surface area contributed by atoms with Crippen LogP contribution < -0.4 is 0 Å². The minimum absolute atomic E-state index is 0.331. The fraction of sp³-hybridized carbons (Fsp3) is 0.923. The van der Waals surface area contributed by atoms with Gasteiger partial charge in [-0.05, 0) is 0 Å². The molecule has 0 aromatic heterocycles. The topological polar surface area (TPSA) is 66.4 Å². The number of rotatable bonds is 12. The van der Waals surface area contributed by atoms with Crippen molar-refractivity contribution in [2.45, 2.75) is 149 Å². The van der Waals surface area contributed by atoms with Crippen LogP contribution >= 0.6 is 0 Å². The van der Waals surface area contributed by atoms with Crippen molar-refractivity contribution in [2.75, 3.05) is 0 Å². The molecule has 0 saturated carbocycles. The van der Waals surface area contributed by atoms with Crippen LogP contribution in [0.1, 0.15) is 87.0 Å². The van der Waals surface area contributed by atoms with Crippen LogP contribution in [0.5, 0.6) is 0 Å². The zero-order chi connectivity index (χ0) is 24.3. The van der Waals surface area contributed by atoms with E-state index in [-0.39, 0.29) is 12.2 Å². The average Bonchev–Trinajstić information content (AvgIpc) is 3.25. The van der Waals surface area contributed by atoms with Gasteiger partial charge in [0.1, 0.15) is 0 Å². The molecule has 3 aliphatic heterocycles. The van der Waals surface area contributed by atoms with Crippen molar-refractivity contribution in [3.05, 3.63) is 10.2 Å². The first-order valence-electron chi connectivity index (χ1n) is 13.3. The molecule has 6 nitrogen and oxygen atoms in total. The molecule has 0 unspecified atom stereocenters. The van der Waals surface area contributed by atoms with E-state index in [4.69, 9.17) is 23.7 Å².